The van der Waals surface area contributed by atoms with Crippen LogP contribution in [0.15, 0.2) is 82.8 Å². The van der Waals surface area contributed by atoms with Crippen LogP contribution in [0, 0.1) is 3.57 Å². The van der Waals surface area contributed by atoms with Gasteiger partial charge in [0.25, 0.3) is 15.9 Å². The highest BCUT2D eigenvalue weighted by Gasteiger charge is 2.27. The van der Waals surface area contributed by atoms with Crippen LogP contribution in [-0.4, -0.2) is 40.3 Å². The van der Waals surface area contributed by atoms with E-state index in [1.165, 1.54) is 18.3 Å². The van der Waals surface area contributed by atoms with E-state index in [2.05, 4.69) is 33.1 Å². The monoisotopic (exact) mass is 607 g/mol. The van der Waals surface area contributed by atoms with Gasteiger partial charge in [-0.25, -0.2) is 13.8 Å². The molecule has 0 saturated heterocycles. The molecule has 3 aromatic carbocycles. The molecule has 10 heteroatoms. The number of nitrogens with one attached hydrogen (secondary N) is 1. The molecule has 0 aliphatic carbocycles. The number of hydrogen-bond donors (Lipinski definition) is 1. The minimum Gasteiger partial charge on any atom is -0.490 e. The van der Waals surface area contributed by atoms with Gasteiger partial charge in [-0.3, -0.25) is 9.10 Å². The number of anilines is 1. The zero-order valence-corrected chi connectivity index (χ0v) is 22.3. The van der Waals surface area contributed by atoms with Gasteiger partial charge in [-0.2, -0.15) is 5.10 Å². The van der Waals surface area contributed by atoms with Crippen molar-refractivity contribution in [1.82, 2.24) is 5.43 Å². The zero-order valence-electron chi connectivity index (χ0n) is 19.3. The second-order valence-corrected chi connectivity index (χ2v) is 10.3. The van der Waals surface area contributed by atoms with Crippen molar-refractivity contribution < 1.29 is 22.7 Å². The Balaban J connectivity index is 1.78. The Hall–Kier alpha value is -3.12. The van der Waals surface area contributed by atoms with Crippen LogP contribution in [0.25, 0.3) is 0 Å². The number of sulfonamides is 1. The van der Waals surface area contributed by atoms with E-state index < -0.39 is 22.5 Å². The van der Waals surface area contributed by atoms with Crippen molar-refractivity contribution in [3.8, 4) is 11.5 Å². The number of ether oxygens (including phenoxy) is 2. The first kappa shape index (κ1) is 26.5. The van der Waals surface area contributed by atoms with Crippen molar-refractivity contribution in [2.45, 2.75) is 18.7 Å². The average Bonchev–Trinajstić information content (AvgIpc) is 2.85. The van der Waals surface area contributed by atoms with Crippen LogP contribution in [0.4, 0.5) is 5.69 Å². The first-order chi connectivity index (χ1) is 16.8. The van der Waals surface area contributed by atoms with E-state index in [-0.39, 0.29) is 4.90 Å². The number of hydrazone groups is 1. The van der Waals surface area contributed by atoms with Gasteiger partial charge >= 0.3 is 0 Å². The normalized spacial score (nSPS) is 11.3. The lowest BCUT2D eigenvalue weighted by Crippen LogP contribution is -2.39. The summed E-state index contributed by atoms with van der Waals surface area (Å²) in [7, 11) is -3.97. The van der Waals surface area contributed by atoms with Crippen molar-refractivity contribution >= 4 is 50.4 Å². The van der Waals surface area contributed by atoms with Crippen molar-refractivity contribution in [2.75, 3.05) is 24.1 Å². The Morgan fingerprint density at radius 2 is 1.63 bits per heavy atom. The van der Waals surface area contributed by atoms with Crippen LogP contribution in [-0.2, 0) is 14.8 Å². The lowest BCUT2D eigenvalue weighted by atomic mass is 10.2. The predicted octanol–water partition coefficient (Wildman–Crippen LogP) is 4.43. The molecule has 1 N–H and O–H groups in total. The molecular weight excluding hydrogens is 581 g/mol. The Labute approximate surface area is 219 Å². The summed E-state index contributed by atoms with van der Waals surface area (Å²) in [5, 5.41) is 3.99. The third-order valence-corrected chi connectivity index (χ3v) is 7.21. The number of carbonyl (C=O) groups excluding carboxylic acids is 1. The summed E-state index contributed by atoms with van der Waals surface area (Å²) in [5.41, 5.74) is 3.47. The maximum absolute atomic E-state index is 13.3. The Morgan fingerprint density at radius 1 is 0.971 bits per heavy atom. The third kappa shape index (κ3) is 7.18. The first-order valence-electron chi connectivity index (χ1n) is 10.9. The quantitative estimate of drug-likeness (QED) is 0.198. The number of carbonyl (C=O) groups is 1. The summed E-state index contributed by atoms with van der Waals surface area (Å²) < 4.78 is 39.8. The van der Waals surface area contributed by atoms with E-state index in [1.54, 1.807) is 60.7 Å². The van der Waals surface area contributed by atoms with E-state index in [0.29, 0.717) is 36.0 Å². The number of halogens is 1. The minimum atomic E-state index is -3.97. The zero-order chi connectivity index (χ0) is 25.3. The summed E-state index contributed by atoms with van der Waals surface area (Å²) >= 11 is 2.13. The van der Waals surface area contributed by atoms with E-state index >= 15 is 0 Å². The average molecular weight is 607 g/mol. The van der Waals surface area contributed by atoms with Gasteiger partial charge in [-0.05, 0) is 96.6 Å². The largest absolute Gasteiger partial charge is 0.490 e. The van der Waals surface area contributed by atoms with Gasteiger partial charge < -0.3 is 9.47 Å². The van der Waals surface area contributed by atoms with E-state index in [4.69, 9.17) is 9.47 Å². The molecule has 184 valence electrons. The van der Waals surface area contributed by atoms with Crippen LogP contribution in [0.2, 0.25) is 0 Å². The van der Waals surface area contributed by atoms with Crippen LogP contribution < -0.4 is 19.2 Å². The molecule has 0 aliphatic rings. The number of benzene rings is 3. The maximum Gasteiger partial charge on any atom is 0.264 e. The molecule has 0 saturated carbocycles. The number of amides is 1. The van der Waals surface area contributed by atoms with Crippen molar-refractivity contribution in [3.63, 3.8) is 0 Å². The first-order valence-corrected chi connectivity index (χ1v) is 13.4. The van der Waals surface area contributed by atoms with Gasteiger partial charge in [-0.15, -0.1) is 0 Å². The lowest BCUT2D eigenvalue weighted by molar-refractivity contribution is -0.119. The topological polar surface area (TPSA) is 97.3 Å². The van der Waals surface area contributed by atoms with Crippen LogP contribution >= 0.6 is 22.6 Å². The minimum absolute atomic E-state index is 0.0905. The van der Waals surface area contributed by atoms with Gasteiger partial charge in [0.05, 0.1) is 30.0 Å². The molecule has 0 radical (unpaired) electrons. The fraction of sp³-hybridized carbons (Fsp3) is 0.200. The van der Waals surface area contributed by atoms with E-state index in [9.17, 15) is 13.2 Å². The molecule has 0 atom stereocenters. The highest BCUT2D eigenvalue weighted by atomic mass is 127. The van der Waals surface area contributed by atoms with Gasteiger partial charge in [0, 0.05) is 3.57 Å². The molecule has 1 amide bonds. The lowest BCUT2D eigenvalue weighted by Gasteiger charge is -2.23. The van der Waals surface area contributed by atoms with E-state index in [1.807, 2.05) is 13.8 Å². The van der Waals surface area contributed by atoms with Crippen LogP contribution in [0.1, 0.15) is 19.4 Å². The van der Waals surface area contributed by atoms with Gasteiger partial charge in [0.1, 0.15) is 6.54 Å². The van der Waals surface area contributed by atoms with Crippen molar-refractivity contribution in [2.24, 2.45) is 5.10 Å². The summed E-state index contributed by atoms with van der Waals surface area (Å²) in [6.45, 7) is 4.30. The van der Waals surface area contributed by atoms with Gasteiger partial charge in [-0.1, -0.05) is 18.2 Å². The molecule has 35 heavy (non-hydrogen) atoms. The molecule has 3 rings (SSSR count). The second kappa shape index (κ2) is 12.5. The van der Waals surface area contributed by atoms with Crippen molar-refractivity contribution in [3.05, 3.63) is 81.9 Å². The Bertz CT molecular complexity index is 1270. The van der Waals surface area contributed by atoms with E-state index in [0.717, 1.165) is 7.88 Å². The molecule has 0 aromatic heterocycles. The van der Waals surface area contributed by atoms with Gasteiger partial charge in [0.2, 0.25) is 0 Å². The fourth-order valence-corrected chi connectivity index (χ4v) is 4.94. The molecular formula is C25H26IN3O5S. The standard InChI is InChI=1S/C25H26IN3O5S/c1-3-33-23-15-10-19(16-24(23)34-4-2)17-27-28-25(30)18-29(21-13-11-20(26)12-14-21)35(31,32)22-8-6-5-7-9-22/h5-17H,3-4,18H2,1-2H3,(H,28,30)/b27-17-. The van der Waals surface area contributed by atoms with Crippen LogP contribution in [0.5, 0.6) is 11.5 Å². The Kier molecular flexibility index (Phi) is 9.49. The molecule has 0 bridgehead atoms. The Morgan fingerprint density at radius 3 is 2.29 bits per heavy atom. The smallest absolute Gasteiger partial charge is 0.264 e. The highest BCUT2D eigenvalue weighted by molar-refractivity contribution is 14.1. The molecule has 0 spiro atoms. The SMILES string of the molecule is CCOc1ccc(/C=N\NC(=O)CN(c2ccc(I)cc2)S(=O)(=O)c2ccccc2)cc1OCC. The highest BCUT2D eigenvalue weighted by Crippen LogP contribution is 2.28. The molecule has 0 unspecified atom stereocenters. The summed E-state index contributed by atoms with van der Waals surface area (Å²) in [4.78, 5) is 12.8. The second-order valence-electron chi connectivity index (χ2n) is 7.17. The van der Waals surface area contributed by atoms with Crippen LogP contribution in [0.3, 0.4) is 0 Å². The molecule has 3 aromatic rings. The molecule has 8 nitrogen and oxygen atoms in total. The number of nitrogens with zero attached hydrogens (tertiary/aromatic N) is 2. The maximum atomic E-state index is 13.3. The molecule has 0 fully saturated rings. The summed E-state index contributed by atoms with van der Waals surface area (Å²) in [6, 6.07) is 20.2. The number of rotatable bonds is 11. The predicted molar refractivity (Wildman–Crippen MR) is 145 cm³/mol. The van der Waals surface area contributed by atoms with Crippen molar-refractivity contribution in [1.29, 1.82) is 0 Å². The fourth-order valence-electron chi connectivity index (χ4n) is 3.13. The molecule has 0 aliphatic heterocycles. The summed E-state index contributed by atoms with van der Waals surface area (Å²) in [6.07, 6.45) is 1.46. The summed E-state index contributed by atoms with van der Waals surface area (Å²) in [5.74, 6) is 0.605. The third-order valence-electron chi connectivity index (χ3n) is 4.70. The molecule has 0 heterocycles. The number of hydrogen-bond acceptors (Lipinski definition) is 6. The van der Waals surface area contributed by atoms with Gasteiger partial charge in [0.15, 0.2) is 11.5 Å².